The van der Waals surface area contributed by atoms with E-state index in [-0.39, 0.29) is 5.82 Å². The maximum Gasteiger partial charge on any atom is 0.129 e. The first-order chi connectivity index (χ1) is 7.62. The van der Waals surface area contributed by atoms with Crippen LogP contribution < -0.4 is 5.73 Å². The Morgan fingerprint density at radius 1 is 1.12 bits per heavy atom. The zero-order valence-corrected chi connectivity index (χ0v) is 10.1. The van der Waals surface area contributed by atoms with Gasteiger partial charge < -0.3 is 5.73 Å². The zero-order valence-electron chi connectivity index (χ0n) is 9.31. The Kier molecular flexibility index (Phi) is 3.50. The van der Waals surface area contributed by atoms with Gasteiger partial charge in [0.1, 0.15) is 5.82 Å². The summed E-state index contributed by atoms with van der Waals surface area (Å²) in [7, 11) is 0. The monoisotopic (exact) mass is 241 g/mol. The average molecular weight is 242 g/mol. The number of hydrogen-bond donors (Lipinski definition) is 1. The number of hydrogen-bond acceptors (Lipinski definition) is 1. The molecule has 2 N–H and O–H groups in total. The molecule has 0 radical (unpaired) electrons. The third kappa shape index (κ3) is 2.38. The number of benzene rings is 1. The Labute approximate surface area is 101 Å². The van der Waals surface area contributed by atoms with Gasteiger partial charge in [-0.05, 0) is 25.0 Å². The minimum Gasteiger partial charge on any atom is -0.321 e. The Bertz CT molecular complexity index is 370. The van der Waals surface area contributed by atoms with E-state index in [1.165, 1.54) is 18.9 Å². The highest BCUT2D eigenvalue weighted by molar-refractivity contribution is 6.30. The fourth-order valence-electron chi connectivity index (χ4n) is 2.52. The second kappa shape index (κ2) is 4.72. The molecule has 0 saturated heterocycles. The molecule has 1 fully saturated rings. The van der Waals surface area contributed by atoms with Crippen LogP contribution in [0.5, 0.6) is 0 Å². The minimum absolute atomic E-state index is 0.267. The largest absolute Gasteiger partial charge is 0.321 e. The molecule has 1 aromatic carbocycles. The summed E-state index contributed by atoms with van der Waals surface area (Å²) in [5.74, 6) is -0.267. The zero-order chi connectivity index (χ0) is 11.6. The summed E-state index contributed by atoms with van der Waals surface area (Å²) in [6, 6.07) is 4.82. The molecule has 0 unspecified atom stereocenters. The van der Waals surface area contributed by atoms with Crippen LogP contribution in [0.3, 0.4) is 0 Å². The van der Waals surface area contributed by atoms with Gasteiger partial charge in [-0.15, -0.1) is 0 Å². The molecule has 0 aromatic heterocycles. The smallest absolute Gasteiger partial charge is 0.129 e. The quantitative estimate of drug-likeness (QED) is 0.740. The predicted octanol–water partition coefficient (Wildman–Crippen LogP) is 3.99. The summed E-state index contributed by atoms with van der Waals surface area (Å²) in [4.78, 5) is 0. The van der Waals surface area contributed by atoms with Crippen LogP contribution in [0.2, 0.25) is 5.02 Å². The van der Waals surface area contributed by atoms with Crippen LogP contribution in [0.15, 0.2) is 18.2 Å². The summed E-state index contributed by atoms with van der Waals surface area (Å²) in [5, 5.41) is 0.429. The van der Waals surface area contributed by atoms with Crippen molar-refractivity contribution in [2.75, 3.05) is 0 Å². The molecule has 1 aromatic rings. The van der Waals surface area contributed by atoms with E-state index >= 15 is 0 Å². The van der Waals surface area contributed by atoms with Crippen molar-refractivity contribution >= 4 is 11.6 Å². The maximum absolute atomic E-state index is 13.8. The molecule has 16 heavy (non-hydrogen) atoms. The van der Waals surface area contributed by atoms with Gasteiger partial charge in [0.25, 0.3) is 0 Å². The molecule has 0 amide bonds. The molecule has 3 heteroatoms. The SMILES string of the molecule is NC1(c2ccc(Cl)cc2F)CCCCCC1. The number of nitrogens with two attached hydrogens (primary N) is 1. The van der Waals surface area contributed by atoms with E-state index in [0.29, 0.717) is 10.6 Å². The predicted molar refractivity (Wildman–Crippen MR) is 65.0 cm³/mol. The van der Waals surface area contributed by atoms with Crippen molar-refractivity contribution in [3.63, 3.8) is 0 Å². The topological polar surface area (TPSA) is 26.0 Å². The minimum atomic E-state index is -0.495. The van der Waals surface area contributed by atoms with Crippen LogP contribution in [-0.2, 0) is 5.54 Å². The molecule has 1 nitrogen and oxygen atoms in total. The molecule has 2 rings (SSSR count). The van der Waals surface area contributed by atoms with Gasteiger partial charge in [0.15, 0.2) is 0 Å². The highest BCUT2D eigenvalue weighted by Gasteiger charge is 2.30. The van der Waals surface area contributed by atoms with Crippen LogP contribution in [0.25, 0.3) is 0 Å². The Morgan fingerprint density at radius 2 is 1.75 bits per heavy atom. The van der Waals surface area contributed by atoms with Crippen molar-refractivity contribution in [3.8, 4) is 0 Å². The number of halogens is 2. The van der Waals surface area contributed by atoms with E-state index in [2.05, 4.69) is 0 Å². The summed E-state index contributed by atoms with van der Waals surface area (Å²) in [6.07, 6.45) is 6.30. The van der Waals surface area contributed by atoms with Gasteiger partial charge in [-0.2, -0.15) is 0 Å². The third-order valence-electron chi connectivity index (χ3n) is 3.46. The van der Waals surface area contributed by atoms with Gasteiger partial charge in [0.2, 0.25) is 0 Å². The lowest BCUT2D eigenvalue weighted by molar-refractivity contribution is 0.368. The van der Waals surface area contributed by atoms with Gasteiger partial charge in [-0.1, -0.05) is 43.4 Å². The molecule has 0 bridgehead atoms. The van der Waals surface area contributed by atoms with E-state index < -0.39 is 5.54 Å². The fourth-order valence-corrected chi connectivity index (χ4v) is 2.68. The molecular formula is C13H17ClFN. The molecule has 1 saturated carbocycles. The Hall–Kier alpha value is -0.600. The lowest BCUT2D eigenvalue weighted by atomic mass is 9.83. The van der Waals surface area contributed by atoms with Gasteiger partial charge in [-0.25, -0.2) is 4.39 Å². The van der Waals surface area contributed by atoms with Crippen LogP contribution in [0, 0.1) is 5.82 Å². The first-order valence-electron chi connectivity index (χ1n) is 5.86. The second-order valence-corrected chi connectivity index (χ2v) is 5.13. The Balaban J connectivity index is 2.33. The van der Waals surface area contributed by atoms with E-state index in [0.717, 1.165) is 25.7 Å². The van der Waals surface area contributed by atoms with E-state index in [9.17, 15) is 4.39 Å². The first-order valence-corrected chi connectivity index (χ1v) is 6.24. The standard InChI is InChI=1S/C13H17ClFN/c14-10-5-6-11(12(15)9-10)13(16)7-3-1-2-4-8-13/h5-6,9H,1-4,7-8,16H2. The van der Waals surface area contributed by atoms with Crippen molar-refractivity contribution in [2.45, 2.75) is 44.1 Å². The average Bonchev–Trinajstić information content (AvgIpc) is 2.43. The van der Waals surface area contributed by atoms with Crippen molar-refractivity contribution < 1.29 is 4.39 Å². The van der Waals surface area contributed by atoms with Crippen molar-refractivity contribution in [2.24, 2.45) is 5.73 Å². The van der Waals surface area contributed by atoms with Crippen molar-refractivity contribution in [3.05, 3.63) is 34.6 Å². The molecule has 88 valence electrons. The normalized spacial score (nSPS) is 20.4. The van der Waals surface area contributed by atoms with Crippen LogP contribution in [-0.4, -0.2) is 0 Å². The summed E-state index contributed by atoms with van der Waals surface area (Å²) >= 11 is 5.75. The molecule has 0 aliphatic heterocycles. The van der Waals surface area contributed by atoms with Gasteiger partial charge in [-0.3, -0.25) is 0 Å². The molecule has 1 aliphatic carbocycles. The maximum atomic E-state index is 13.8. The van der Waals surface area contributed by atoms with Gasteiger partial charge in [0, 0.05) is 16.1 Å². The molecule has 1 aliphatic rings. The number of rotatable bonds is 1. The highest BCUT2D eigenvalue weighted by atomic mass is 35.5. The Morgan fingerprint density at radius 3 is 2.31 bits per heavy atom. The highest BCUT2D eigenvalue weighted by Crippen LogP contribution is 2.35. The second-order valence-electron chi connectivity index (χ2n) is 4.69. The lowest BCUT2D eigenvalue weighted by Gasteiger charge is -2.29. The fraction of sp³-hybridized carbons (Fsp3) is 0.538. The molecular weight excluding hydrogens is 225 g/mol. The van der Waals surface area contributed by atoms with Gasteiger partial charge in [0.05, 0.1) is 0 Å². The van der Waals surface area contributed by atoms with Crippen molar-refractivity contribution in [1.82, 2.24) is 0 Å². The molecule has 0 atom stereocenters. The molecule has 0 spiro atoms. The van der Waals surface area contributed by atoms with E-state index in [4.69, 9.17) is 17.3 Å². The summed E-state index contributed by atoms with van der Waals surface area (Å²) < 4.78 is 13.8. The molecule has 0 heterocycles. The van der Waals surface area contributed by atoms with Crippen molar-refractivity contribution in [1.29, 1.82) is 0 Å². The summed E-state index contributed by atoms with van der Waals surface area (Å²) in [6.45, 7) is 0. The summed E-state index contributed by atoms with van der Waals surface area (Å²) in [5.41, 5.74) is 6.48. The van der Waals surface area contributed by atoms with Crippen LogP contribution in [0.4, 0.5) is 4.39 Å². The van der Waals surface area contributed by atoms with E-state index in [1.807, 2.05) is 0 Å². The van der Waals surface area contributed by atoms with E-state index in [1.54, 1.807) is 12.1 Å². The first kappa shape index (κ1) is 11.9. The third-order valence-corrected chi connectivity index (χ3v) is 3.70. The van der Waals surface area contributed by atoms with Gasteiger partial charge >= 0.3 is 0 Å². The lowest BCUT2D eigenvalue weighted by Crippen LogP contribution is -2.36. The van der Waals surface area contributed by atoms with Crippen LogP contribution >= 0.6 is 11.6 Å². The van der Waals surface area contributed by atoms with Crippen LogP contribution in [0.1, 0.15) is 44.1 Å².